The second-order valence-electron chi connectivity index (χ2n) is 12.4. The second-order valence-corrected chi connectivity index (χ2v) is 15.1. The Morgan fingerprint density at radius 3 is 2.60 bits per heavy atom. The zero-order chi connectivity index (χ0) is 33.0. The van der Waals surface area contributed by atoms with Crippen molar-refractivity contribution < 1.29 is 37.5 Å². The molecule has 3 aliphatic rings. The molecule has 1 unspecified atom stereocenters. The summed E-state index contributed by atoms with van der Waals surface area (Å²) in [7, 11) is -4.99. The molecule has 0 spiro atoms. The topological polar surface area (TPSA) is 166 Å². The van der Waals surface area contributed by atoms with Crippen LogP contribution in [-0.4, -0.2) is 72.2 Å². The van der Waals surface area contributed by atoms with Gasteiger partial charge in [-0.25, -0.2) is 4.39 Å². The van der Waals surface area contributed by atoms with Crippen LogP contribution in [-0.2, 0) is 14.2 Å². The molecule has 4 aromatic rings. The minimum Gasteiger partial charge on any atom is -0.423 e. The highest BCUT2D eigenvalue weighted by Crippen LogP contribution is 2.53. The maximum atomic E-state index is 14.3. The van der Waals surface area contributed by atoms with Gasteiger partial charge in [0.1, 0.15) is 18.1 Å². The van der Waals surface area contributed by atoms with E-state index < -0.39 is 37.5 Å². The van der Waals surface area contributed by atoms with E-state index in [-0.39, 0.29) is 34.2 Å². The lowest BCUT2D eigenvalue weighted by Crippen LogP contribution is -2.59. The van der Waals surface area contributed by atoms with Gasteiger partial charge in [-0.3, -0.25) is 18.9 Å². The molecular weight excluding hydrogens is 648 g/mol. The van der Waals surface area contributed by atoms with E-state index in [2.05, 4.69) is 15.5 Å². The van der Waals surface area contributed by atoms with Crippen molar-refractivity contribution >= 4 is 46.7 Å². The van der Waals surface area contributed by atoms with E-state index in [0.717, 1.165) is 23.3 Å². The van der Waals surface area contributed by atoms with Gasteiger partial charge in [0.15, 0.2) is 0 Å². The normalized spacial score (nSPS) is 25.3. The number of thiophene rings is 1. The highest BCUT2D eigenvalue weighted by atomic mass is 32.1. The lowest BCUT2D eigenvalue weighted by molar-refractivity contribution is -0.153. The van der Waals surface area contributed by atoms with Gasteiger partial charge in [-0.2, -0.15) is 0 Å². The van der Waals surface area contributed by atoms with Gasteiger partial charge >= 0.3 is 7.60 Å². The fourth-order valence-electron chi connectivity index (χ4n) is 7.13. The molecule has 3 N–H and O–H groups in total. The van der Waals surface area contributed by atoms with Crippen molar-refractivity contribution in [1.29, 1.82) is 0 Å². The van der Waals surface area contributed by atoms with Crippen LogP contribution >= 0.6 is 18.9 Å². The first kappa shape index (κ1) is 31.6. The molecule has 3 amide bonds. The maximum absolute atomic E-state index is 14.3. The van der Waals surface area contributed by atoms with Crippen LogP contribution in [0.5, 0.6) is 0 Å². The summed E-state index contributed by atoms with van der Waals surface area (Å²) in [6, 6.07) is 13.4. The molecule has 6 atom stereocenters. The third-order valence-electron chi connectivity index (χ3n) is 9.43. The molecule has 2 aromatic heterocycles. The predicted octanol–water partition coefficient (Wildman–Crippen LogP) is 4.75. The largest absolute Gasteiger partial charge is 0.423 e. The van der Waals surface area contributed by atoms with Crippen LogP contribution in [0.2, 0.25) is 0 Å². The summed E-state index contributed by atoms with van der Waals surface area (Å²) in [6.45, 7) is 2.15. The zero-order valence-electron chi connectivity index (χ0n) is 25.4. The molecule has 2 aromatic carbocycles. The van der Waals surface area contributed by atoms with Crippen molar-refractivity contribution in [3.63, 3.8) is 0 Å². The average molecular weight is 682 g/mol. The van der Waals surface area contributed by atoms with Crippen LogP contribution in [0.15, 0.2) is 59.0 Å². The van der Waals surface area contributed by atoms with Gasteiger partial charge in [-0.1, -0.05) is 36.4 Å². The summed E-state index contributed by atoms with van der Waals surface area (Å²) in [5.41, 5.74) is 0.873. The Balaban J connectivity index is 1.09. The molecule has 3 saturated heterocycles. The van der Waals surface area contributed by atoms with E-state index in [0.29, 0.717) is 54.1 Å². The number of likely N-dealkylation sites (tertiary alicyclic amines) is 1. The third-order valence-corrected chi connectivity index (χ3v) is 11.4. The van der Waals surface area contributed by atoms with Crippen LogP contribution in [0.1, 0.15) is 82.6 Å². The summed E-state index contributed by atoms with van der Waals surface area (Å²) in [4.78, 5) is 63.8. The van der Waals surface area contributed by atoms with E-state index in [1.807, 2.05) is 30.3 Å². The summed E-state index contributed by atoms with van der Waals surface area (Å²) in [5, 5.41) is 11.6. The molecule has 7 rings (SSSR count). The molecule has 15 heteroatoms. The number of benzene rings is 2. The quantitative estimate of drug-likeness (QED) is 0.234. The number of carbonyl (C=O) groups is 3. The Labute approximate surface area is 273 Å². The first-order valence-electron chi connectivity index (χ1n) is 15.5. The number of amides is 3. The molecule has 3 aliphatic heterocycles. The highest BCUT2D eigenvalue weighted by molar-refractivity contribution is 7.51. The lowest BCUT2D eigenvalue weighted by Gasteiger charge is -2.48. The maximum Gasteiger partial charge on any atom is 0.363 e. The van der Waals surface area contributed by atoms with Crippen molar-refractivity contribution in [3.05, 3.63) is 82.4 Å². The molecule has 0 radical (unpaired) electrons. The molecule has 5 heterocycles. The van der Waals surface area contributed by atoms with E-state index in [4.69, 9.17) is 4.42 Å². The first-order valence-corrected chi connectivity index (χ1v) is 18.0. The molecular formula is C32H33FN5O7PS. The lowest BCUT2D eigenvalue weighted by atomic mass is 9.81. The summed E-state index contributed by atoms with van der Waals surface area (Å²) in [5.74, 6) is -2.71. The number of fused-ring (bicyclic) bond motifs is 2. The Kier molecular flexibility index (Phi) is 8.23. The molecule has 12 nitrogen and oxygen atoms in total. The minimum absolute atomic E-state index is 0.0333. The molecule has 0 saturated carbocycles. The van der Waals surface area contributed by atoms with E-state index >= 15 is 0 Å². The molecule has 3 fully saturated rings. The number of alkyl halides is 1. The second kappa shape index (κ2) is 12.2. The number of halogens is 1. The number of hydrogen-bond acceptors (Lipinski definition) is 8. The van der Waals surface area contributed by atoms with Crippen molar-refractivity contribution in [1.82, 2.24) is 25.3 Å². The van der Waals surface area contributed by atoms with Crippen LogP contribution in [0.4, 0.5) is 4.39 Å². The Hall–Kier alpha value is -3.97. The standard InChI is InChI=1S/C32H33FN5O7PS/c1-17-35-36-30(45-17)27-22(18-6-3-2-4-7-18)16-37(27)32(41)24-12-11-21-8-5-9-23(31(40)38(21)24)34-29(39)26-15-20-14-19(10-13-25(20)47-26)28(33)46(42,43)44/h2-4,6-7,10,13-15,21-24,27-28H,5,8-9,11-12,16H2,1H3,(H,34,39)(H2,42,43,44)/t21-,22+,23-,24-,27-,28?/m0/s1. The van der Waals surface area contributed by atoms with E-state index in [1.165, 1.54) is 24.3 Å². The molecule has 246 valence electrons. The van der Waals surface area contributed by atoms with Gasteiger partial charge in [0, 0.05) is 30.1 Å². The van der Waals surface area contributed by atoms with Crippen LogP contribution in [0.3, 0.4) is 0 Å². The summed E-state index contributed by atoms with van der Waals surface area (Å²) < 4.78 is 32.1. The number of hydrogen-bond donors (Lipinski definition) is 3. The number of aryl methyl sites for hydroxylation is 1. The van der Waals surface area contributed by atoms with Gasteiger partial charge < -0.3 is 29.3 Å². The number of aromatic nitrogens is 2. The average Bonchev–Trinajstić information content (AvgIpc) is 3.75. The van der Waals surface area contributed by atoms with Gasteiger partial charge in [0.25, 0.3) is 5.91 Å². The number of carbonyl (C=O) groups excluding carboxylic acids is 3. The molecule has 0 aliphatic carbocycles. The fourth-order valence-corrected chi connectivity index (χ4v) is 8.63. The van der Waals surface area contributed by atoms with Gasteiger partial charge in [-0.05, 0) is 66.8 Å². The summed E-state index contributed by atoms with van der Waals surface area (Å²) >= 11 is 1.13. The first-order chi connectivity index (χ1) is 22.5. The van der Waals surface area contributed by atoms with Crippen LogP contribution in [0.25, 0.3) is 10.1 Å². The van der Waals surface area contributed by atoms with Crippen molar-refractivity contribution in [2.45, 2.75) is 75.0 Å². The monoisotopic (exact) mass is 681 g/mol. The predicted molar refractivity (Wildman–Crippen MR) is 169 cm³/mol. The highest BCUT2D eigenvalue weighted by Gasteiger charge is 2.52. The third kappa shape index (κ3) is 5.88. The number of nitrogens with zero attached hydrogens (tertiary/aromatic N) is 4. The van der Waals surface area contributed by atoms with Crippen molar-refractivity contribution in [2.75, 3.05) is 6.54 Å². The van der Waals surface area contributed by atoms with Crippen molar-refractivity contribution in [2.24, 2.45) is 0 Å². The molecule has 47 heavy (non-hydrogen) atoms. The zero-order valence-corrected chi connectivity index (χ0v) is 27.1. The van der Waals surface area contributed by atoms with E-state index in [1.54, 1.807) is 16.7 Å². The minimum atomic E-state index is -4.99. The van der Waals surface area contributed by atoms with Crippen LogP contribution < -0.4 is 5.32 Å². The summed E-state index contributed by atoms with van der Waals surface area (Å²) in [6.07, 6.45) is 3.03. The number of nitrogens with one attached hydrogen (secondary N) is 1. The van der Waals surface area contributed by atoms with Crippen molar-refractivity contribution in [3.8, 4) is 0 Å². The smallest absolute Gasteiger partial charge is 0.363 e. The van der Waals surface area contributed by atoms with Gasteiger partial charge in [-0.15, -0.1) is 21.5 Å². The Morgan fingerprint density at radius 1 is 1.09 bits per heavy atom. The Bertz CT molecular complexity index is 1900. The van der Waals surface area contributed by atoms with Gasteiger partial charge in [0.2, 0.25) is 29.5 Å². The van der Waals surface area contributed by atoms with Crippen LogP contribution in [0, 0.1) is 6.92 Å². The fraction of sp³-hybridized carbons (Fsp3) is 0.406. The number of rotatable bonds is 7. The molecule has 0 bridgehead atoms. The van der Waals surface area contributed by atoms with Gasteiger partial charge in [0.05, 0.1) is 4.88 Å². The van der Waals surface area contributed by atoms with E-state index in [9.17, 15) is 33.1 Å². The SMILES string of the molecule is Cc1nnc([C@@H]2[C@@H](c3ccccc3)CN2C(=O)[C@@H]2CC[C@@H]3CCC[C@H](NC(=O)c4cc5cc(C(F)P(=O)(O)O)ccc5s4)C(=O)N32)o1. The Morgan fingerprint density at radius 2 is 1.87 bits per heavy atom.